The fourth-order valence-electron chi connectivity index (χ4n) is 1.67. The zero-order valence-electron chi connectivity index (χ0n) is 9.75. The molecule has 0 atom stereocenters. The minimum absolute atomic E-state index is 0.732. The van der Waals surface area contributed by atoms with Crippen LogP contribution in [-0.2, 0) is 6.42 Å². The Bertz CT molecular complexity index is 625. The summed E-state index contributed by atoms with van der Waals surface area (Å²) in [4.78, 5) is 6.57. The van der Waals surface area contributed by atoms with E-state index in [1.165, 1.54) is 11.5 Å². The van der Waals surface area contributed by atoms with Crippen molar-refractivity contribution in [3.63, 3.8) is 0 Å². The molecule has 1 N–H and O–H groups in total. The molecule has 0 bridgehead atoms. The molecule has 0 aromatic carbocycles. The van der Waals surface area contributed by atoms with Crippen LogP contribution in [0.4, 0.5) is 0 Å². The highest BCUT2D eigenvalue weighted by Gasteiger charge is 2.14. The van der Waals surface area contributed by atoms with Gasteiger partial charge in [-0.3, -0.25) is 5.10 Å². The summed E-state index contributed by atoms with van der Waals surface area (Å²) in [7, 11) is 0. The molecule has 0 aliphatic rings. The predicted molar refractivity (Wildman–Crippen MR) is 72.6 cm³/mol. The molecule has 0 unspecified atom stereocenters. The van der Waals surface area contributed by atoms with Gasteiger partial charge < -0.3 is 0 Å². The van der Waals surface area contributed by atoms with Crippen molar-refractivity contribution >= 4 is 22.9 Å². The van der Waals surface area contributed by atoms with Gasteiger partial charge >= 0.3 is 0 Å². The maximum atomic E-state index is 4.51. The van der Waals surface area contributed by atoms with Crippen molar-refractivity contribution in [3.8, 4) is 21.4 Å². The second-order valence-electron chi connectivity index (χ2n) is 3.78. The van der Waals surface area contributed by atoms with Crippen molar-refractivity contribution in [1.29, 1.82) is 0 Å². The largest absolute Gasteiger partial charge is 0.258 e. The standard InChI is InChI=1S/C11H11N5S2/c1-2-4-7-9(18-16-13-7)11-12-10(14-15-11)8-5-3-6-17-8/h3,5-6H,2,4H2,1H3,(H,12,14,15). The Morgan fingerprint density at radius 3 is 3.11 bits per heavy atom. The quantitative estimate of drug-likeness (QED) is 0.796. The summed E-state index contributed by atoms with van der Waals surface area (Å²) in [5.74, 6) is 1.49. The number of aromatic amines is 1. The number of thiophene rings is 1. The van der Waals surface area contributed by atoms with Crippen molar-refractivity contribution in [3.05, 3.63) is 23.2 Å². The number of aryl methyl sites for hydroxylation is 1. The highest BCUT2D eigenvalue weighted by atomic mass is 32.1. The van der Waals surface area contributed by atoms with Crippen LogP contribution < -0.4 is 0 Å². The lowest BCUT2D eigenvalue weighted by atomic mass is 10.2. The van der Waals surface area contributed by atoms with Crippen molar-refractivity contribution in [2.45, 2.75) is 19.8 Å². The van der Waals surface area contributed by atoms with Gasteiger partial charge in [0.25, 0.3) is 0 Å². The predicted octanol–water partition coefficient (Wildman–Crippen LogP) is 3.00. The SMILES string of the molecule is CCCc1nnsc1-c1nc(-c2cccs2)n[nH]1. The average molecular weight is 277 g/mol. The molecule has 0 aliphatic heterocycles. The van der Waals surface area contributed by atoms with E-state index in [-0.39, 0.29) is 0 Å². The van der Waals surface area contributed by atoms with Gasteiger partial charge in [0, 0.05) is 0 Å². The third kappa shape index (κ3) is 2.06. The normalized spacial score (nSPS) is 10.9. The van der Waals surface area contributed by atoms with E-state index in [2.05, 4.69) is 31.7 Å². The first kappa shape index (κ1) is 11.5. The molecule has 3 heterocycles. The topological polar surface area (TPSA) is 67.3 Å². The number of H-pyrrole nitrogens is 1. The monoisotopic (exact) mass is 277 g/mol. The molecule has 0 radical (unpaired) electrons. The van der Waals surface area contributed by atoms with Crippen LogP contribution in [-0.4, -0.2) is 24.8 Å². The van der Waals surface area contributed by atoms with Crippen LogP contribution in [0, 0.1) is 0 Å². The maximum absolute atomic E-state index is 4.51. The lowest BCUT2D eigenvalue weighted by Crippen LogP contribution is -1.88. The molecule has 0 fully saturated rings. The van der Waals surface area contributed by atoms with Crippen LogP contribution in [0.2, 0.25) is 0 Å². The number of nitrogens with zero attached hydrogens (tertiary/aromatic N) is 4. The minimum Gasteiger partial charge on any atom is -0.258 e. The Balaban J connectivity index is 1.95. The van der Waals surface area contributed by atoms with E-state index < -0.39 is 0 Å². The van der Waals surface area contributed by atoms with E-state index in [1.54, 1.807) is 11.3 Å². The van der Waals surface area contributed by atoms with E-state index in [0.717, 1.165) is 39.9 Å². The minimum atomic E-state index is 0.732. The molecule has 5 nitrogen and oxygen atoms in total. The molecule has 0 saturated heterocycles. The van der Waals surface area contributed by atoms with Crippen LogP contribution in [0.15, 0.2) is 17.5 Å². The lowest BCUT2D eigenvalue weighted by Gasteiger charge is -1.93. The third-order valence-corrected chi connectivity index (χ3v) is 4.13. The molecule has 3 aromatic rings. The van der Waals surface area contributed by atoms with Gasteiger partial charge in [0.05, 0.1) is 10.6 Å². The van der Waals surface area contributed by atoms with Crippen LogP contribution in [0.25, 0.3) is 21.4 Å². The molecular formula is C11H11N5S2. The molecule has 3 rings (SSSR count). The van der Waals surface area contributed by atoms with Crippen molar-refractivity contribution in [1.82, 2.24) is 24.8 Å². The van der Waals surface area contributed by atoms with Gasteiger partial charge in [-0.2, -0.15) is 5.10 Å². The average Bonchev–Trinajstić information content (AvgIpc) is 3.10. The van der Waals surface area contributed by atoms with Gasteiger partial charge in [-0.1, -0.05) is 23.9 Å². The Morgan fingerprint density at radius 2 is 2.33 bits per heavy atom. The first-order valence-electron chi connectivity index (χ1n) is 5.66. The van der Waals surface area contributed by atoms with Crippen molar-refractivity contribution < 1.29 is 0 Å². The first-order valence-corrected chi connectivity index (χ1v) is 7.31. The Hall–Kier alpha value is -1.60. The van der Waals surface area contributed by atoms with Crippen LogP contribution in [0.3, 0.4) is 0 Å². The van der Waals surface area contributed by atoms with E-state index >= 15 is 0 Å². The number of aromatic nitrogens is 5. The van der Waals surface area contributed by atoms with Gasteiger partial charge in [0.15, 0.2) is 11.6 Å². The molecule has 92 valence electrons. The molecular weight excluding hydrogens is 266 g/mol. The van der Waals surface area contributed by atoms with Crippen LogP contribution in [0.5, 0.6) is 0 Å². The molecule has 18 heavy (non-hydrogen) atoms. The van der Waals surface area contributed by atoms with Gasteiger partial charge in [-0.25, -0.2) is 4.98 Å². The zero-order valence-corrected chi connectivity index (χ0v) is 11.4. The van der Waals surface area contributed by atoms with Crippen molar-refractivity contribution in [2.75, 3.05) is 0 Å². The van der Waals surface area contributed by atoms with E-state index in [1.807, 2.05) is 17.5 Å². The first-order chi connectivity index (χ1) is 8.88. The van der Waals surface area contributed by atoms with Gasteiger partial charge in [0.1, 0.15) is 4.88 Å². The fraction of sp³-hybridized carbons (Fsp3) is 0.273. The van der Waals surface area contributed by atoms with Gasteiger partial charge in [-0.05, 0) is 29.4 Å². The van der Waals surface area contributed by atoms with E-state index in [0.29, 0.717) is 0 Å². The summed E-state index contributed by atoms with van der Waals surface area (Å²) in [6, 6.07) is 4.00. The number of rotatable bonds is 4. The second kappa shape index (κ2) is 4.95. The van der Waals surface area contributed by atoms with Gasteiger partial charge in [0.2, 0.25) is 0 Å². The molecule has 0 amide bonds. The molecule has 0 spiro atoms. The fourth-order valence-corrected chi connectivity index (χ4v) is 2.97. The maximum Gasteiger partial charge on any atom is 0.191 e. The van der Waals surface area contributed by atoms with E-state index in [4.69, 9.17) is 0 Å². The van der Waals surface area contributed by atoms with Crippen LogP contribution in [0.1, 0.15) is 19.0 Å². The molecule has 7 heteroatoms. The summed E-state index contributed by atoms with van der Waals surface area (Å²) in [6.07, 6.45) is 1.96. The summed E-state index contributed by atoms with van der Waals surface area (Å²) in [6.45, 7) is 2.13. The van der Waals surface area contributed by atoms with Crippen molar-refractivity contribution in [2.24, 2.45) is 0 Å². The number of hydrogen-bond acceptors (Lipinski definition) is 6. The molecule has 0 saturated carbocycles. The number of hydrogen-bond donors (Lipinski definition) is 1. The highest BCUT2D eigenvalue weighted by molar-refractivity contribution is 7.13. The molecule has 3 aromatic heterocycles. The van der Waals surface area contributed by atoms with Crippen LogP contribution >= 0.6 is 22.9 Å². The Morgan fingerprint density at radius 1 is 1.39 bits per heavy atom. The summed E-state index contributed by atoms with van der Waals surface area (Å²) in [5.41, 5.74) is 0.997. The smallest absolute Gasteiger partial charge is 0.191 e. The summed E-state index contributed by atoms with van der Waals surface area (Å²) < 4.78 is 4.00. The Labute approximate surface area is 112 Å². The molecule has 0 aliphatic carbocycles. The van der Waals surface area contributed by atoms with Gasteiger partial charge in [-0.15, -0.1) is 16.4 Å². The zero-order chi connectivity index (χ0) is 12.4. The summed E-state index contributed by atoms with van der Waals surface area (Å²) in [5, 5.41) is 13.4. The van der Waals surface area contributed by atoms with E-state index in [9.17, 15) is 0 Å². The number of nitrogens with one attached hydrogen (secondary N) is 1. The lowest BCUT2D eigenvalue weighted by molar-refractivity contribution is 0.870. The Kier molecular flexibility index (Phi) is 3.16. The highest BCUT2D eigenvalue weighted by Crippen LogP contribution is 2.27. The summed E-state index contributed by atoms with van der Waals surface area (Å²) >= 11 is 2.99. The second-order valence-corrected chi connectivity index (χ2v) is 5.49. The third-order valence-electron chi connectivity index (χ3n) is 2.48.